The molecule has 2 aromatic rings. The summed E-state index contributed by atoms with van der Waals surface area (Å²) in [6.45, 7) is 5.21. The maximum absolute atomic E-state index is 5.67. The summed E-state index contributed by atoms with van der Waals surface area (Å²) in [4.78, 5) is 14.5. The van der Waals surface area contributed by atoms with Crippen molar-refractivity contribution in [3.63, 3.8) is 0 Å². The van der Waals surface area contributed by atoms with Crippen LogP contribution in [0, 0.1) is 11.8 Å². The third-order valence-electron chi connectivity index (χ3n) is 6.04. The molecule has 5 rings (SSSR count). The second kappa shape index (κ2) is 8.08. The number of rotatable bonds is 5. The van der Waals surface area contributed by atoms with Crippen LogP contribution in [0.1, 0.15) is 44.1 Å². The van der Waals surface area contributed by atoms with Gasteiger partial charge in [0, 0.05) is 24.5 Å². The monoisotopic (exact) mass is 391 g/mol. The normalized spacial score (nSPS) is 19.4. The number of nitrogens with zero attached hydrogens (tertiary/aromatic N) is 4. The Morgan fingerprint density at radius 2 is 1.83 bits per heavy atom. The molecule has 0 spiro atoms. The van der Waals surface area contributed by atoms with E-state index in [1.54, 1.807) is 7.11 Å². The topological polar surface area (TPSA) is 53.5 Å². The molecule has 2 saturated heterocycles. The van der Waals surface area contributed by atoms with Crippen LogP contribution in [0.25, 0.3) is 10.9 Å². The Morgan fingerprint density at radius 1 is 1.07 bits per heavy atom. The first kappa shape index (κ1) is 18.5. The third kappa shape index (κ3) is 4.11. The van der Waals surface area contributed by atoms with Crippen molar-refractivity contribution >= 4 is 22.7 Å². The fourth-order valence-electron chi connectivity index (χ4n) is 4.19. The Labute approximate surface area is 172 Å². The Kier molecular flexibility index (Phi) is 5.15. The second-order valence-corrected chi connectivity index (χ2v) is 8.34. The lowest BCUT2D eigenvalue weighted by atomic mass is 10.1. The molecule has 1 aromatic carbocycles. The van der Waals surface area contributed by atoms with Gasteiger partial charge in [0.1, 0.15) is 11.6 Å². The number of hydrogen-bond donors (Lipinski definition) is 1. The zero-order valence-electron chi connectivity index (χ0n) is 17.2. The van der Waals surface area contributed by atoms with E-state index in [0.717, 1.165) is 66.7 Å². The molecule has 3 fully saturated rings. The van der Waals surface area contributed by atoms with Crippen LogP contribution in [0.3, 0.4) is 0 Å². The van der Waals surface area contributed by atoms with E-state index in [-0.39, 0.29) is 0 Å². The average Bonchev–Trinajstić information content (AvgIpc) is 3.19. The van der Waals surface area contributed by atoms with Gasteiger partial charge in [0.05, 0.1) is 24.7 Å². The van der Waals surface area contributed by atoms with Crippen molar-refractivity contribution < 1.29 is 4.74 Å². The van der Waals surface area contributed by atoms with Gasteiger partial charge in [-0.05, 0) is 63.7 Å². The van der Waals surface area contributed by atoms with Crippen molar-refractivity contribution in [1.82, 2.24) is 14.9 Å². The molecule has 3 aliphatic rings. The first-order chi connectivity index (χ1) is 14.3. The number of hydrogen-bond acceptors (Lipinski definition) is 6. The molecule has 1 aromatic heterocycles. The van der Waals surface area contributed by atoms with Gasteiger partial charge in [0.2, 0.25) is 5.95 Å². The van der Waals surface area contributed by atoms with Crippen LogP contribution in [0.2, 0.25) is 0 Å². The minimum absolute atomic E-state index is 0.533. The van der Waals surface area contributed by atoms with Crippen LogP contribution < -0.4 is 15.0 Å². The fourth-order valence-corrected chi connectivity index (χ4v) is 4.19. The van der Waals surface area contributed by atoms with Crippen LogP contribution in [0.5, 0.6) is 5.75 Å². The molecule has 152 valence electrons. The summed E-state index contributed by atoms with van der Waals surface area (Å²) < 4.78 is 5.67. The summed E-state index contributed by atoms with van der Waals surface area (Å²) in [5.74, 6) is 9.22. The summed E-state index contributed by atoms with van der Waals surface area (Å²) in [7, 11) is 1.71. The van der Waals surface area contributed by atoms with Crippen molar-refractivity contribution in [2.24, 2.45) is 0 Å². The van der Waals surface area contributed by atoms with E-state index in [1.807, 2.05) is 6.07 Å². The number of aromatic nitrogens is 2. The second-order valence-electron chi connectivity index (χ2n) is 8.34. The highest BCUT2D eigenvalue weighted by molar-refractivity contribution is 5.93. The smallest absolute Gasteiger partial charge is 0.227 e. The number of fused-ring (bicyclic) bond motifs is 1. The molecule has 6 nitrogen and oxygen atoms in total. The molecule has 2 aliphatic heterocycles. The fraction of sp³-hybridized carbons (Fsp3) is 0.565. The first-order valence-corrected chi connectivity index (χ1v) is 10.9. The molecule has 3 heterocycles. The van der Waals surface area contributed by atoms with Crippen molar-refractivity contribution in [2.75, 3.05) is 50.1 Å². The number of methoxy groups -OCH3 is 1. The number of nitrogens with one attached hydrogen (secondary N) is 1. The third-order valence-corrected chi connectivity index (χ3v) is 6.04. The first-order valence-electron chi connectivity index (χ1n) is 10.9. The highest BCUT2D eigenvalue weighted by Gasteiger charge is 2.24. The summed E-state index contributed by atoms with van der Waals surface area (Å²) >= 11 is 0. The predicted molar refractivity (Wildman–Crippen MR) is 117 cm³/mol. The Hall–Kier alpha value is -2.52. The molecular formula is C23H29N5O. The van der Waals surface area contributed by atoms with Gasteiger partial charge in [-0.1, -0.05) is 11.8 Å². The van der Waals surface area contributed by atoms with Gasteiger partial charge in [0.25, 0.3) is 0 Å². The predicted octanol–water partition coefficient (Wildman–Crippen LogP) is 3.26. The molecular weight excluding hydrogens is 362 g/mol. The number of ether oxygens (including phenoxy) is 1. The highest BCUT2D eigenvalue weighted by Crippen LogP contribution is 2.33. The van der Waals surface area contributed by atoms with Gasteiger partial charge >= 0.3 is 0 Å². The Morgan fingerprint density at radius 3 is 2.55 bits per heavy atom. The van der Waals surface area contributed by atoms with Gasteiger partial charge in [-0.15, -0.1) is 0 Å². The van der Waals surface area contributed by atoms with E-state index in [0.29, 0.717) is 6.04 Å². The number of likely N-dealkylation sites (tertiary alicyclic amines) is 1. The molecule has 29 heavy (non-hydrogen) atoms. The lowest BCUT2D eigenvalue weighted by molar-refractivity contribution is 0.383. The molecule has 0 atom stereocenters. The largest absolute Gasteiger partial charge is 0.495 e. The molecule has 0 bridgehead atoms. The van der Waals surface area contributed by atoms with Crippen LogP contribution in [0.4, 0.5) is 11.8 Å². The maximum Gasteiger partial charge on any atom is 0.227 e. The van der Waals surface area contributed by atoms with Crippen LogP contribution in [-0.4, -0.2) is 60.7 Å². The molecule has 1 aliphatic carbocycles. The minimum Gasteiger partial charge on any atom is -0.495 e. The van der Waals surface area contributed by atoms with Gasteiger partial charge in [-0.3, -0.25) is 4.90 Å². The van der Waals surface area contributed by atoms with Crippen molar-refractivity contribution in [3.8, 4) is 17.6 Å². The van der Waals surface area contributed by atoms with E-state index in [1.165, 1.54) is 38.5 Å². The Bertz CT molecular complexity index is 947. The number of benzene rings is 1. The summed E-state index contributed by atoms with van der Waals surface area (Å²) in [5.41, 5.74) is 1.85. The molecule has 1 N–H and O–H groups in total. The lowest BCUT2D eigenvalue weighted by Crippen LogP contribution is -2.21. The minimum atomic E-state index is 0.533. The molecule has 6 heteroatoms. The zero-order chi connectivity index (χ0) is 19.6. The van der Waals surface area contributed by atoms with E-state index < -0.39 is 0 Å². The van der Waals surface area contributed by atoms with E-state index in [9.17, 15) is 0 Å². The van der Waals surface area contributed by atoms with E-state index in [2.05, 4.69) is 33.0 Å². The number of anilines is 2. The summed E-state index contributed by atoms with van der Waals surface area (Å²) in [5, 5.41) is 4.61. The van der Waals surface area contributed by atoms with Crippen molar-refractivity contribution in [1.29, 1.82) is 0 Å². The highest BCUT2D eigenvalue weighted by atomic mass is 16.5. The molecule has 0 radical (unpaired) electrons. The van der Waals surface area contributed by atoms with Crippen LogP contribution in [0.15, 0.2) is 12.1 Å². The van der Waals surface area contributed by atoms with E-state index >= 15 is 0 Å². The SMILES string of the molecule is COc1cc2c(NC3CC3)nc(N3CCCC3)nc2cc1C#CCN1CCCC1. The van der Waals surface area contributed by atoms with Crippen LogP contribution in [-0.2, 0) is 0 Å². The van der Waals surface area contributed by atoms with Gasteiger partial charge < -0.3 is 15.0 Å². The van der Waals surface area contributed by atoms with E-state index in [4.69, 9.17) is 14.7 Å². The van der Waals surface area contributed by atoms with Gasteiger partial charge in [-0.2, -0.15) is 4.98 Å². The quantitative estimate of drug-likeness (QED) is 0.790. The van der Waals surface area contributed by atoms with Crippen LogP contribution >= 0.6 is 0 Å². The lowest BCUT2D eigenvalue weighted by Gasteiger charge is -2.18. The molecule has 0 amide bonds. The summed E-state index contributed by atoms with van der Waals surface area (Å²) in [6.07, 6.45) is 7.41. The molecule has 0 unspecified atom stereocenters. The standard InChI is InChI=1S/C23H29N5O/c1-29-21-16-19-20(15-17(21)7-6-12-27-10-2-3-11-27)25-23(28-13-4-5-14-28)26-22(19)24-18-8-9-18/h15-16,18H,2-5,8-14H2,1H3,(H,24,25,26). The van der Waals surface area contributed by atoms with Crippen molar-refractivity contribution in [3.05, 3.63) is 17.7 Å². The Balaban J connectivity index is 1.52. The maximum atomic E-state index is 5.67. The van der Waals surface area contributed by atoms with Gasteiger partial charge in [0.15, 0.2) is 0 Å². The zero-order valence-corrected chi connectivity index (χ0v) is 17.2. The van der Waals surface area contributed by atoms with Gasteiger partial charge in [-0.25, -0.2) is 4.98 Å². The average molecular weight is 392 g/mol. The molecule has 1 saturated carbocycles. The summed E-state index contributed by atoms with van der Waals surface area (Å²) in [6, 6.07) is 4.66. The van der Waals surface area contributed by atoms with Crippen molar-refractivity contribution in [2.45, 2.75) is 44.6 Å².